The van der Waals surface area contributed by atoms with Crippen molar-refractivity contribution in [3.8, 4) is 0 Å². The molecular formula is C6H11NO3S. The highest BCUT2D eigenvalue weighted by molar-refractivity contribution is 7.85. The molecule has 0 radical (unpaired) electrons. The van der Waals surface area contributed by atoms with Gasteiger partial charge in [-0.3, -0.25) is 4.18 Å². The number of hydrogen-bond donors (Lipinski definition) is 1. The van der Waals surface area contributed by atoms with Gasteiger partial charge in [0.25, 0.3) is 10.1 Å². The van der Waals surface area contributed by atoms with Crippen molar-refractivity contribution in [2.45, 2.75) is 6.04 Å². The van der Waals surface area contributed by atoms with Gasteiger partial charge < -0.3 is 5.32 Å². The predicted octanol–water partition coefficient (Wildman–Crippen LogP) is -0.509. The van der Waals surface area contributed by atoms with Crippen LogP contribution in [0.1, 0.15) is 0 Å². The van der Waals surface area contributed by atoms with Crippen LogP contribution in [0.2, 0.25) is 0 Å². The molecule has 0 amide bonds. The van der Waals surface area contributed by atoms with E-state index >= 15 is 0 Å². The first-order valence-corrected chi connectivity index (χ1v) is 5.14. The third-order valence-electron chi connectivity index (χ3n) is 1.33. The van der Waals surface area contributed by atoms with Gasteiger partial charge in [-0.25, -0.2) is 0 Å². The summed E-state index contributed by atoms with van der Waals surface area (Å²) >= 11 is 0. The number of nitrogens with one attached hydrogen (secondary N) is 1. The van der Waals surface area contributed by atoms with Crippen LogP contribution in [-0.4, -0.2) is 33.9 Å². The maximum Gasteiger partial charge on any atom is 0.264 e. The standard InChI is InChI=1S/C6H11NO3S/c1-11(8,9)10-5-6-3-2-4-7-6/h2-3,6-7H,4-5H2,1H3/t6-/m0/s1. The van der Waals surface area contributed by atoms with Gasteiger partial charge in [0.15, 0.2) is 0 Å². The molecule has 1 aliphatic heterocycles. The lowest BCUT2D eigenvalue weighted by molar-refractivity contribution is 0.299. The van der Waals surface area contributed by atoms with Crippen LogP contribution in [0.3, 0.4) is 0 Å². The van der Waals surface area contributed by atoms with Gasteiger partial charge in [-0.05, 0) is 0 Å². The smallest absolute Gasteiger partial charge is 0.264 e. The molecule has 0 spiro atoms. The Kier molecular flexibility index (Phi) is 2.64. The van der Waals surface area contributed by atoms with E-state index in [1.165, 1.54) is 0 Å². The summed E-state index contributed by atoms with van der Waals surface area (Å²) in [7, 11) is -3.29. The summed E-state index contributed by atoms with van der Waals surface area (Å²) in [5.41, 5.74) is 0. The molecule has 0 aromatic heterocycles. The SMILES string of the molecule is CS(=O)(=O)OC[C@@H]1C=CCN1. The van der Waals surface area contributed by atoms with Gasteiger partial charge in [0.1, 0.15) is 0 Å². The van der Waals surface area contributed by atoms with Gasteiger partial charge >= 0.3 is 0 Å². The maximum absolute atomic E-state index is 10.5. The minimum absolute atomic E-state index is 0.0460. The van der Waals surface area contributed by atoms with Crippen molar-refractivity contribution in [3.63, 3.8) is 0 Å². The Morgan fingerprint density at radius 1 is 1.73 bits per heavy atom. The van der Waals surface area contributed by atoms with E-state index in [0.29, 0.717) is 0 Å². The molecule has 1 atom stereocenters. The third kappa shape index (κ3) is 3.50. The molecule has 1 heterocycles. The predicted molar refractivity (Wildman–Crippen MR) is 41.7 cm³/mol. The van der Waals surface area contributed by atoms with Crippen LogP contribution in [-0.2, 0) is 14.3 Å². The Morgan fingerprint density at radius 3 is 2.91 bits per heavy atom. The van der Waals surface area contributed by atoms with Crippen molar-refractivity contribution >= 4 is 10.1 Å². The van der Waals surface area contributed by atoms with E-state index in [9.17, 15) is 8.42 Å². The summed E-state index contributed by atoms with van der Waals surface area (Å²) in [6.07, 6.45) is 4.88. The summed E-state index contributed by atoms with van der Waals surface area (Å²) in [5, 5.41) is 3.03. The first kappa shape index (κ1) is 8.70. The van der Waals surface area contributed by atoms with Gasteiger partial charge in [0.2, 0.25) is 0 Å². The highest BCUT2D eigenvalue weighted by Gasteiger charge is 2.10. The van der Waals surface area contributed by atoms with E-state index in [1.54, 1.807) is 0 Å². The van der Waals surface area contributed by atoms with Crippen LogP contribution in [0.4, 0.5) is 0 Å². The fraction of sp³-hybridized carbons (Fsp3) is 0.667. The molecule has 1 rings (SSSR count). The minimum atomic E-state index is -3.29. The van der Waals surface area contributed by atoms with Crippen LogP contribution in [0.25, 0.3) is 0 Å². The average Bonchev–Trinajstić information content (AvgIpc) is 2.32. The summed E-state index contributed by atoms with van der Waals surface area (Å²) in [4.78, 5) is 0. The highest BCUT2D eigenvalue weighted by Crippen LogP contribution is 1.97. The van der Waals surface area contributed by atoms with Gasteiger partial charge in [0.05, 0.1) is 18.9 Å². The van der Waals surface area contributed by atoms with Crippen molar-refractivity contribution in [3.05, 3.63) is 12.2 Å². The molecule has 0 saturated carbocycles. The monoisotopic (exact) mass is 177 g/mol. The molecule has 0 aromatic rings. The van der Waals surface area contributed by atoms with E-state index in [0.717, 1.165) is 12.8 Å². The second-order valence-corrected chi connectivity index (χ2v) is 4.08. The van der Waals surface area contributed by atoms with Gasteiger partial charge in [-0.1, -0.05) is 12.2 Å². The van der Waals surface area contributed by atoms with Crippen LogP contribution in [0.5, 0.6) is 0 Å². The second-order valence-electron chi connectivity index (χ2n) is 2.43. The molecule has 0 fully saturated rings. The Labute approximate surface area is 66.4 Å². The van der Waals surface area contributed by atoms with E-state index in [2.05, 4.69) is 9.50 Å². The zero-order valence-corrected chi connectivity index (χ0v) is 7.10. The molecule has 0 unspecified atom stereocenters. The second kappa shape index (κ2) is 3.34. The van der Waals surface area contributed by atoms with Gasteiger partial charge in [-0.2, -0.15) is 8.42 Å². The Balaban J connectivity index is 2.28. The van der Waals surface area contributed by atoms with Crippen molar-refractivity contribution in [2.75, 3.05) is 19.4 Å². The zero-order chi connectivity index (χ0) is 8.32. The molecule has 1 aliphatic rings. The summed E-state index contributed by atoms with van der Waals surface area (Å²) < 4.78 is 25.6. The Bertz CT molecular complexity index is 245. The number of rotatable bonds is 3. The third-order valence-corrected chi connectivity index (χ3v) is 1.89. The fourth-order valence-electron chi connectivity index (χ4n) is 0.831. The van der Waals surface area contributed by atoms with Crippen LogP contribution in [0.15, 0.2) is 12.2 Å². The van der Waals surface area contributed by atoms with E-state index in [-0.39, 0.29) is 12.6 Å². The summed E-state index contributed by atoms with van der Waals surface area (Å²) in [5.74, 6) is 0. The van der Waals surface area contributed by atoms with Crippen molar-refractivity contribution in [2.24, 2.45) is 0 Å². The molecule has 5 heteroatoms. The van der Waals surface area contributed by atoms with Gasteiger partial charge in [-0.15, -0.1) is 0 Å². The molecule has 64 valence electrons. The zero-order valence-electron chi connectivity index (χ0n) is 6.28. The molecular weight excluding hydrogens is 166 g/mol. The molecule has 0 bridgehead atoms. The van der Waals surface area contributed by atoms with Crippen molar-refractivity contribution in [1.29, 1.82) is 0 Å². The molecule has 0 aromatic carbocycles. The maximum atomic E-state index is 10.5. The lowest BCUT2D eigenvalue weighted by Gasteiger charge is -2.07. The largest absolute Gasteiger partial charge is 0.305 e. The summed E-state index contributed by atoms with van der Waals surface area (Å²) in [6.45, 7) is 0.979. The molecule has 0 saturated heterocycles. The van der Waals surface area contributed by atoms with E-state index in [4.69, 9.17) is 0 Å². The Hall–Kier alpha value is -0.390. The van der Waals surface area contributed by atoms with Crippen molar-refractivity contribution < 1.29 is 12.6 Å². The molecule has 4 nitrogen and oxygen atoms in total. The first-order chi connectivity index (χ1) is 5.08. The van der Waals surface area contributed by atoms with E-state index in [1.807, 2.05) is 12.2 Å². The average molecular weight is 177 g/mol. The van der Waals surface area contributed by atoms with Crippen LogP contribution in [0, 0.1) is 0 Å². The first-order valence-electron chi connectivity index (χ1n) is 3.32. The van der Waals surface area contributed by atoms with Crippen LogP contribution >= 0.6 is 0 Å². The lowest BCUT2D eigenvalue weighted by Crippen LogP contribution is -2.28. The topological polar surface area (TPSA) is 55.4 Å². The normalized spacial score (nSPS) is 24.3. The Morgan fingerprint density at radius 2 is 2.45 bits per heavy atom. The van der Waals surface area contributed by atoms with Crippen molar-refractivity contribution in [1.82, 2.24) is 5.32 Å². The van der Waals surface area contributed by atoms with Gasteiger partial charge in [0, 0.05) is 6.54 Å². The summed E-state index contributed by atoms with van der Waals surface area (Å²) in [6, 6.07) is 0.0460. The molecule has 1 N–H and O–H groups in total. The molecule has 11 heavy (non-hydrogen) atoms. The lowest BCUT2D eigenvalue weighted by atomic mass is 10.3. The molecule has 0 aliphatic carbocycles. The number of hydrogen-bond acceptors (Lipinski definition) is 4. The highest BCUT2D eigenvalue weighted by atomic mass is 32.2. The van der Waals surface area contributed by atoms with E-state index < -0.39 is 10.1 Å². The minimum Gasteiger partial charge on any atom is -0.305 e. The quantitative estimate of drug-likeness (QED) is 0.466. The van der Waals surface area contributed by atoms with Crippen LogP contribution < -0.4 is 5.32 Å². The fourth-order valence-corrected chi connectivity index (χ4v) is 1.22.